The molecule has 2 heteroatoms. The van der Waals surface area contributed by atoms with Gasteiger partial charge < -0.3 is 5.32 Å². The summed E-state index contributed by atoms with van der Waals surface area (Å²) >= 11 is 0. The van der Waals surface area contributed by atoms with Crippen LogP contribution in [0.4, 0.5) is 0 Å². The Hall–Kier alpha value is -1.57. The third-order valence-electron chi connectivity index (χ3n) is 3.21. The number of hydrogen-bond acceptors (Lipinski definition) is 1. The van der Waals surface area contributed by atoms with E-state index in [4.69, 9.17) is 0 Å². The second-order valence-corrected chi connectivity index (χ2v) is 4.73. The van der Waals surface area contributed by atoms with Gasteiger partial charge in [0.2, 0.25) is 5.91 Å². The molecule has 0 radical (unpaired) electrons. The zero-order chi connectivity index (χ0) is 12.1. The predicted octanol–water partition coefficient (Wildman–Crippen LogP) is 3.07. The van der Waals surface area contributed by atoms with Gasteiger partial charge in [-0.2, -0.15) is 0 Å². The Morgan fingerprint density at radius 2 is 1.88 bits per heavy atom. The zero-order valence-electron chi connectivity index (χ0n) is 10.3. The van der Waals surface area contributed by atoms with Crippen LogP contribution in [-0.2, 0) is 4.79 Å². The fourth-order valence-electron chi connectivity index (χ4n) is 2.17. The number of amides is 1. The topological polar surface area (TPSA) is 29.1 Å². The molecule has 0 aromatic heterocycles. The molecule has 0 spiro atoms. The highest BCUT2D eigenvalue weighted by molar-refractivity contribution is 5.91. The molecule has 0 aliphatic heterocycles. The van der Waals surface area contributed by atoms with Crippen molar-refractivity contribution in [2.24, 2.45) is 0 Å². The third kappa shape index (κ3) is 3.74. The van der Waals surface area contributed by atoms with E-state index in [0.29, 0.717) is 6.04 Å². The molecule has 1 saturated carbocycles. The van der Waals surface area contributed by atoms with Gasteiger partial charge in [0.15, 0.2) is 0 Å². The van der Waals surface area contributed by atoms with Crippen molar-refractivity contribution in [3.8, 4) is 0 Å². The minimum Gasteiger partial charge on any atom is -0.350 e. The van der Waals surface area contributed by atoms with Crippen molar-refractivity contribution < 1.29 is 4.79 Å². The van der Waals surface area contributed by atoms with E-state index in [1.165, 1.54) is 18.4 Å². The van der Waals surface area contributed by atoms with Crippen LogP contribution in [0.2, 0.25) is 0 Å². The highest BCUT2D eigenvalue weighted by Gasteiger charge is 2.15. The monoisotopic (exact) mass is 229 g/mol. The van der Waals surface area contributed by atoms with Gasteiger partial charge in [-0.1, -0.05) is 42.7 Å². The van der Waals surface area contributed by atoms with Crippen molar-refractivity contribution in [3.05, 3.63) is 41.5 Å². The number of carbonyl (C=O) groups excluding carboxylic acids is 1. The molecular weight excluding hydrogens is 210 g/mol. The fourth-order valence-corrected chi connectivity index (χ4v) is 2.17. The standard InChI is InChI=1S/C15H19NO/c1-12-6-8-13(9-7-12)10-11-15(17)16-14-4-2-3-5-14/h6-11,14H,2-5H2,1H3,(H,16,17). The fraction of sp³-hybridized carbons (Fsp3) is 0.400. The van der Waals surface area contributed by atoms with E-state index in [0.717, 1.165) is 18.4 Å². The molecule has 1 fully saturated rings. The zero-order valence-corrected chi connectivity index (χ0v) is 10.3. The Kier molecular flexibility index (Phi) is 3.97. The molecule has 0 bridgehead atoms. The molecule has 0 heterocycles. The molecule has 0 unspecified atom stereocenters. The number of aryl methyl sites for hydroxylation is 1. The maximum atomic E-state index is 11.6. The molecule has 17 heavy (non-hydrogen) atoms. The lowest BCUT2D eigenvalue weighted by Crippen LogP contribution is -2.30. The van der Waals surface area contributed by atoms with Crippen molar-refractivity contribution in [3.63, 3.8) is 0 Å². The van der Waals surface area contributed by atoms with Crippen LogP contribution in [0, 0.1) is 6.92 Å². The summed E-state index contributed by atoms with van der Waals surface area (Å²) in [5.74, 6) is 0.0254. The lowest BCUT2D eigenvalue weighted by Gasteiger charge is -2.08. The number of hydrogen-bond donors (Lipinski definition) is 1. The van der Waals surface area contributed by atoms with E-state index < -0.39 is 0 Å². The second kappa shape index (κ2) is 5.67. The lowest BCUT2D eigenvalue weighted by molar-refractivity contribution is -0.117. The molecule has 1 N–H and O–H groups in total. The van der Waals surface area contributed by atoms with Gasteiger partial charge in [0, 0.05) is 12.1 Å². The number of benzene rings is 1. The summed E-state index contributed by atoms with van der Waals surface area (Å²) in [6.07, 6.45) is 8.24. The first kappa shape index (κ1) is 11.9. The smallest absolute Gasteiger partial charge is 0.244 e. The van der Waals surface area contributed by atoms with Crippen molar-refractivity contribution in [2.45, 2.75) is 38.6 Å². The molecule has 1 aliphatic rings. The minimum atomic E-state index is 0.0254. The van der Waals surface area contributed by atoms with Gasteiger partial charge in [-0.25, -0.2) is 0 Å². The molecule has 90 valence electrons. The first-order valence-corrected chi connectivity index (χ1v) is 6.29. The molecule has 0 saturated heterocycles. The summed E-state index contributed by atoms with van der Waals surface area (Å²) in [6.45, 7) is 2.06. The van der Waals surface area contributed by atoms with Gasteiger partial charge in [0.1, 0.15) is 0 Å². The second-order valence-electron chi connectivity index (χ2n) is 4.73. The molecule has 1 amide bonds. The summed E-state index contributed by atoms with van der Waals surface area (Å²) in [4.78, 5) is 11.6. The van der Waals surface area contributed by atoms with E-state index in [9.17, 15) is 4.79 Å². The van der Waals surface area contributed by atoms with Crippen LogP contribution in [0.25, 0.3) is 6.08 Å². The average molecular weight is 229 g/mol. The SMILES string of the molecule is Cc1ccc(C=CC(=O)NC2CCCC2)cc1. The quantitative estimate of drug-likeness (QED) is 0.793. The molecule has 2 rings (SSSR count). The van der Waals surface area contributed by atoms with E-state index in [1.54, 1.807) is 6.08 Å². The van der Waals surface area contributed by atoms with Gasteiger partial charge in [-0.05, 0) is 31.4 Å². The first-order valence-electron chi connectivity index (χ1n) is 6.29. The average Bonchev–Trinajstić information content (AvgIpc) is 2.81. The summed E-state index contributed by atoms with van der Waals surface area (Å²) in [5, 5.41) is 3.03. The summed E-state index contributed by atoms with van der Waals surface area (Å²) in [7, 11) is 0. The number of rotatable bonds is 3. The van der Waals surface area contributed by atoms with Crippen LogP contribution in [0.1, 0.15) is 36.8 Å². The molecule has 0 atom stereocenters. The molecule has 2 nitrogen and oxygen atoms in total. The Morgan fingerprint density at radius 3 is 2.53 bits per heavy atom. The van der Waals surface area contributed by atoms with Crippen molar-refractivity contribution >= 4 is 12.0 Å². The van der Waals surface area contributed by atoms with E-state index in [2.05, 4.69) is 24.4 Å². The Bertz CT molecular complexity index is 399. The maximum Gasteiger partial charge on any atom is 0.244 e. The van der Waals surface area contributed by atoms with Crippen molar-refractivity contribution in [1.29, 1.82) is 0 Å². The predicted molar refractivity (Wildman–Crippen MR) is 70.6 cm³/mol. The van der Waals surface area contributed by atoms with Crippen LogP contribution in [-0.4, -0.2) is 11.9 Å². The van der Waals surface area contributed by atoms with Gasteiger partial charge in [0.05, 0.1) is 0 Å². The summed E-state index contributed by atoms with van der Waals surface area (Å²) in [5.41, 5.74) is 2.30. The van der Waals surface area contributed by atoms with E-state index >= 15 is 0 Å². The van der Waals surface area contributed by atoms with Gasteiger partial charge in [-0.3, -0.25) is 4.79 Å². The Morgan fingerprint density at radius 1 is 1.24 bits per heavy atom. The summed E-state index contributed by atoms with van der Waals surface area (Å²) in [6, 6.07) is 8.54. The van der Waals surface area contributed by atoms with Crippen LogP contribution in [0.3, 0.4) is 0 Å². The first-order chi connectivity index (χ1) is 8.24. The number of nitrogens with one attached hydrogen (secondary N) is 1. The maximum absolute atomic E-state index is 11.6. The Balaban J connectivity index is 1.86. The van der Waals surface area contributed by atoms with Crippen LogP contribution >= 0.6 is 0 Å². The van der Waals surface area contributed by atoms with E-state index in [-0.39, 0.29) is 5.91 Å². The van der Waals surface area contributed by atoms with Crippen molar-refractivity contribution in [1.82, 2.24) is 5.32 Å². The van der Waals surface area contributed by atoms with Crippen LogP contribution in [0.15, 0.2) is 30.3 Å². The van der Waals surface area contributed by atoms with Crippen LogP contribution in [0.5, 0.6) is 0 Å². The van der Waals surface area contributed by atoms with Gasteiger partial charge in [-0.15, -0.1) is 0 Å². The molecule has 1 aromatic rings. The molecule has 1 aliphatic carbocycles. The van der Waals surface area contributed by atoms with Gasteiger partial charge in [0.25, 0.3) is 0 Å². The molecular formula is C15H19NO. The molecule has 1 aromatic carbocycles. The van der Waals surface area contributed by atoms with Crippen molar-refractivity contribution in [2.75, 3.05) is 0 Å². The minimum absolute atomic E-state index is 0.0254. The summed E-state index contributed by atoms with van der Waals surface area (Å²) < 4.78 is 0. The lowest BCUT2D eigenvalue weighted by atomic mass is 10.1. The van der Waals surface area contributed by atoms with Gasteiger partial charge >= 0.3 is 0 Å². The van der Waals surface area contributed by atoms with Crippen LogP contribution < -0.4 is 5.32 Å². The largest absolute Gasteiger partial charge is 0.350 e. The third-order valence-corrected chi connectivity index (χ3v) is 3.21. The normalized spacial score (nSPS) is 16.5. The number of carbonyl (C=O) groups is 1. The highest BCUT2D eigenvalue weighted by Crippen LogP contribution is 2.17. The van der Waals surface area contributed by atoms with E-state index in [1.807, 2.05) is 18.2 Å². The highest BCUT2D eigenvalue weighted by atomic mass is 16.1. The Labute approximate surface area is 103 Å².